The number of hydrogen-bond donors (Lipinski definition) is 2. The molecule has 0 aliphatic carbocycles. The average Bonchev–Trinajstić information content (AvgIpc) is 2.65. The van der Waals surface area contributed by atoms with Gasteiger partial charge in [0.25, 0.3) is 0 Å². The predicted octanol–water partition coefficient (Wildman–Crippen LogP) is 3.79. The fraction of sp³-hybridized carbons (Fsp3) is 0.211. The Hall–Kier alpha value is -3.56. The van der Waals surface area contributed by atoms with E-state index in [-0.39, 0.29) is 29.2 Å². The van der Waals surface area contributed by atoms with E-state index in [4.69, 9.17) is 4.84 Å². The topological polar surface area (TPSA) is 101 Å². The molecule has 0 aromatic heterocycles. The molecular formula is C19H17F3N2O5. The highest BCUT2D eigenvalue weighted by Crippen LogP contribution is 2.32. The second-order valence-corrected chi connectivity index (χ2v) is 5.80. The first-order valence-electron chi connectivity index (χ1n) is 8.14. The van der Waals surface area contributed by atoms with Gasteiger partial charge in [-0.25, -0.2) is 4.79 Å². The largest absolute Gasteiger partial charge is 0.508 e. The van der Waals surface area contributed by atoms with E-state index in [2.05, 4.69) is 15.1 Å². The highest BCUT2D eigenvalue weighted by Gasteiger charge is 2.31. The number of carboxylic acid groups (broad SMARTS) is 1. The maximum atomic E-state index is 12.9. The summed E-state index contributed by atoms with van der Waals surface area (Å²) in [4.78, 5) is 21.1. The van der Waals surface area contributed by atoms with Crippen molar-refractivity contribution in [2.75, 3.05) is 7.11 Å². The normalized spacial score (nSPS) is 12.6. The Balaban J connectivity index is 2.24. The van der Waals surface area contributed by atoms with Gasteiger partial charge in [0, 0.05) is 16.7 Å². The number of phenolic OH excluding ortho intramolecular Hbond substituents is 1. The zero-order valence-electron chi connectivity index (χ0n) is 15.4. The van der Waals surface area contributed by atoms with E-state index in [9.17, 15) is 28.2 Å². The minimum atomic E-state index is -4.62. The summed E-state index contributed by atoms with van der Waals surface area (Å²) >= 11 is 0. The number of hydrogen-bond acceptors (Lipinski definition) is 6. The molecule has 0 bridgehead atoms. The van der Waals surface area contributed by atoms with Crippen LogP contribution in [0.2, 0.25) is 0 Å². The van der Waals surface area contributed by atoms with Gasteiger partial charge in [-0.1, -0.05) is 34.6 Å². The van der Waals surface area contributed by atoms with Gasteiger partial charge in [-0.15, -0.1) is 0 Å². The van der Waals surface area contributed by atoms with Crippen LogP contribution in [0.1, 0.15) is 29.2 Å². The van der Waals surface area contributed by atoms with E-state index < -0.39 is 23.5 Å². The minimum absolute atomic E-state index is 0.0257. The molecule has 2 aromatic rings. The van der Waals surface area contributed by atoms with E-state index in [0.29, 0.717) is 11.6 Å². The third-order valence-electron chi connectivity index (χ3n) is 3.74. The number of alkyl halides is 3. The van der Waals surface area contributed by atoms with E-state index in [1.165, 1.54) is 20.1 Å². The van der Waals surface area contributed by atoms with E-state index in [1.807, 2.05) is 0 Å². The number of nitrogens with zero attached hydrogens (tertiary/aromatic N) is 2. The third kappa shape index (κ3) is 5.71. The summed E-state index contributed by atoms with van der Waals surface area (Å²) in [5, 5.41) is 26.0. The smallest absolute Gasteiger partial charge is 0.416 e. The average molecular weight is 410 g/mol. The number of carboxylic acids is 1. The Kier molecular flexibility index (Phi) is 6.81. The van der Waals surface area contributed by atoms with E-state index in [1.54, 1.807) is 18.2 Å². The van der Waals surface area contributed by atoms with Crippen molar-refractivity contribution < 1.29 is 37.9 Å². The van der Waals surface area contributed by atoms with Gasteiger partial charge in [-0.05, 0) is 25.1 Å². The molecule has 2 aromatic carbocycles. The summed E-state index contributed by atoms with van der Waals surface area (Å²) in [6, 6.07) is 8.92. The number of aromatic hydroxyl groups is 1. The summed E-state index contributed by atoms with van der Waals surface area (Å²) in [5.41, 5.74) is -0.573. The van der Waals surface area contributed by atoms with Crippen molar-refractivity contribution in [1.29, 1.82) is 0 Å². The molecule has 0 atom stereocenters. The molecule has 7 nitrogen and oxygen atoms in total. The lowest BCUT2D eigenvalue weighted by molar-refractivity contribution is -0.137. The van der Waals surface area contributed by atoms with Crippen molar-refractivity contribution in [3.05, 3.63) is 64.7 Å². The molecule has 0 saturated carbocycles. The molecule has 0 fully saturated rings. The number of phenols is 1. The molecule has 2 rings (SSSR count). The molecule has 0 aliphatic rings. The van der Waals surface area contributed by atoms with Crippen molar-refractivity contribution >= 4 is 17.4 Å². The number of rotatable bonds is 7. The molecule has 0 radical (unpaired) electrons. The molecule has 0 saturated heterocycles. The maximum absolute atomic E-state index is 12.9. The van der Waals surface area contributed by atoms with Crippen LogP contribution in [0.4, 0.5) is 13.2 Å². The Morgan fingerprint density at radius 2 is 1.83 bits per heavy atom. The first kappa shape index (κ1) is 21.7. The van der Waals surface area contributed by atoms with Crippen LogP contribution in [0.3, 0.4) is 0 Å². The standard InChI is InChI=1S/C19H17F3N2O5/c1-11(13-7-14(19(20,21)22)9-15(25)8-13)23-29-10-12-5-3-4-6-16(12)17(18(26)27)24-28-2/h3-9,25H,10H2,1-2H3,(H,26,27)/b23-11+,24-17+. The molecule has 10 heteroatoms. The first-order valence-corrected chi connectivity index (χ1v) is 8.14. The van der Waals surface area contributed by atoms with Gasteiger partial charge < -0.3 is 19.9 Å². The molecule has 2 N–H and O–H groups in total. The van der Waals surface area contributed by atoms with Crippen molar-refractivity contribution in [3.8, 4) is 5.75 Å². The molecule has 0 spiro atoms. The molecule has 29 heavy (non-hydrogen) atoms. The van der Waals surface area contributed by atoms with Gasteiger partial charge in [-0.3, -0.25) is 0 Å². The van der Waals surface area contributed by atoms with Crippen LogP contribution in [-0.2, 0) is 27.3 Å². The third-order valence-corrected chi connectivity index (χ3v) is 3.74. The van der Waals surface area contributed by atoms with Crippen molar-refractivity contribution in [2.45, 2.75) is 19.7 Å². The van der Waals surface area contributed by atoms with Crippen LogP contribution in [0.15, 0.2) is 52.8 Å². The zero-order chi connectivity index (χ0) is 21.6. The second kappa shape index (κ2) is 9.09. The highest BCUT2D eigenvalue weighted by molar-refractivity contribution is 6.42. The summed E-state index contributed by atoms with van der Waals surface area (Å²) in [6.45, 7) is 1.24. The predicted molar refractivity (Wildman–Crippen MR) is 97.7 cm³/mol. The van der Waals surface area contributed by atoms with Gasteiger partial charge in [-0.2, -0.15) is 13.2 Å². The summed E-state index contributed by atoms with van der Waals surface area (Å²) in [6.07, 6.45) is -4.62. The lowest BCUT2D eigenvalue weighted by Gasteiger charge is -2.10. The Labute approximate surface area is 163 Å². The van der Waals surface area contributed by atoms with E-state index >= 15 is 0 Å². The van der Waals surface area contributed by atoms with Gasteiger partial charge in [0.15, 0.2) is 5.71 Å². The molecule has 154 valence electrons. The van der Waals surface area contributed by atoms with Gasteiger partial charge in [0.2, 0.25) is 0 Å². The SMILES string of the molecule is CO/N=C(/C(=O)O)c1ccccc1CO/N=C(\C)c1cc(O)cc(C(F)(F)F)c1. The number of benzene rings is 2. The molecular weight excluding hydrogens is 393 g/mol. The highest BCUT2D eigenvalue weighted by atomic mass is 19.4. The number of oxime groups is 2. The van der Waals surface area contributed by atoms with Crippen LogP contribution in [0.25, 0.3) is 0 Å². The first-order chi connectivity index (χ1) is 13.6. The lowest BCUT2D eigenvalue weighted by atomic mass is 10.0. The van der Waals surface area contributed by atoms with Crippen LogP contribution >= 0.6 is 0 Å². The van der Waals surface area contributed by atoms with Crippen LogP contribution < -0.4 is 0 Å². The van der Waals surface area contributed by atoms with Crippen molar-refractivity contribution in [2.24, 2.45) is 10.3 Å². The molecule has 0 unspecified atom stereocenters. The van der Waals surface area contributed by atoms with Gasteiger partial charge in [0.1, 0.15) is 19.5 Å². The van der Waals surface area contributed by atoms with Crippen molar-refractivity contribution in [1.82, 2.24) is 0 Å². The fourth-order valence-electron chi connectivity index (χ4n) is 2.41. The molecule has 0 heterocycles. The Bertz CT molecular complexity index is 955. The quantitative estimate of drug-likeness (QED) is 0.534. The van der Waals surface area contributed by atoms with Crippen LogP contribution in [0.5, 0.6) is 5.75 Å². The Morgan fingerprint density at radius 3 is 2.45 bits per heavy atom. The Morgan fingerprint density at radius 1 is 1.14 bits per heavy atom. The molecule has 0 aliphatic heterocycles. The van der Waals surface area contributed by atoms with Crippen LogP contribution in [-0.4, -0.2) is 34.7 Å². The summed E-state index contributed by atoms with van der Waals surface area (Å²) < 4.78 is 38.6. The van der Waals surface area contributed by atoms with Gasteiger partial charge in [0.05, 0.1) is 11.3 Å². The number of aliphatic carboxylic acids is 1. The second-order valence-electron chi connectivity index (χ2n) is 5.80. The van der Waals surface area contributed by atoms with Crippen LogP contribution in [0, 0.1) is 0 Å². The van der Waals surface area contributed by atoms with Crippen molar-refractivity contribution in [3.63, 3.8) is 0 Å². The maximum Gasteiger partial charge on any atom is 0.416 e. The zero-order valence-corrected chi connectivity index (χ0v) is 15.4. The number of halogens is 3. The summed E-state index contributed by atoms with van der Waals surface area (Å²) in [5.74, 6) is -1.87. The van der Waals surface area contributed by atoms with Gasteiger partial charge >= 0.3 is 12.1 Å². The molecule has 0 amide bonds. The minimum Gasteiger partial charge on any atom is -0.508 e. The number of carbonyl (C=O) groups is 1. The lowest BCUT2D eigenvalue weighted by Crippen LogP contribution is -2.17. The van der Waals surface area contributed by atoms with E-state index in [0.717, 1.165) is 12.1 Å². The summed E-state index contributed by atoms with van der Waals surface area (Å²) in [7, 11) is 1.21. The fourth-order valence-corrected chi connectivity index (χ4v) is 2.41. The monoisotopic (exact) mass is 410 g/mol.